The number of rotatable bonds is 2. The predicted octanol–water partition coefficient (Wildman–Crippen LogP) is 12.0. The summed E-state index contributed by atoms with van der Waals surface area (Å²) < 4.78 is 7.61. The average molecular weight is 589 g/mol. The molecule has 0 radical (unpaired) electrons. The third kappa shape index (κ3) is 2.98. The Hall–Kier alpha value is -5.64. The summed E-state index contributed by atoms with van der Waals surface area (Å²) in [6.45, 7) is 0. The summed E-state index contributed by atoms with van der Waals surface area (Å²) in [4.78, 5) is 0. The minimum Gasteiger partial charge on any atom is -0.309 e. The van der Waals surface area contributed by atoms with Gasteiger partial charge in [0.25, 0.3) is 0 Å². The number of aromatic nitrogens is 2. The number of para-hydroxylation sites is 1. The van der Waals surface area contributed by atoms with E-state index in [1.807, 2.05) is 11.3 Å². The van der Waals surface area contributed by atoms with Gasteiger partial charge in [-0.05, 0) is 76.1 Å². The van der Waals surface area contributed by atoms with Crippen molar-refractivity contribution in [3.63, 3.8) is 0 Å². The monoisotopic (exact) mass is 588 g/mol. The molecule has 0 atom stereocenters. The highest BCUT2D eigenvalue weighted by atomic mass is 32.1. The Kier molecular flexibility index (Phi) is 4.49. The molecule has 0 amide bonds. The molecule has 11 aromatic rings. The number of nitrogens with zero attached hydrogens (tertiary/aromatic N) is 2. The molecule has 0 unspecified atom stereocenters. The molecule has 0 N–H and O–H groups in total. The van der Waals surface area contributed by atoms with Crippen LogP contribution in [0.2, 0.25) is 0 Å². The topological polar surface area (TPSA) is 9.86 Å². The summed E-state index contributed by atoms with van der Waals surface area (Å²) in [5.41, 5.74) is 7.34. The molecule has 0 saturated carbocycles. The van der Waals surface area contributed by atoms with Crippen LogP contribution in [-0.2, 0) is 0 Å². The Bertz CT molecular complexity index is 2970. The van der Waals surface area contributed by atoms with Crippen molar-refractivity contribution in [3.05, 3.63) is 146 Å². The summed E-state index contributed by atoms with van der Waals surface area (Å²) in [6.07, 6.45) is 0. The van der Waals surface area contributed by atoms with Gasteiger partial charge in [0.1, 0.15) is 0 Å². The molecule has 208 valence electrons. The minimum atomic E-state index is 1.18. The molecular weight excluding hydrogens is 565 g/mol. The van der Waals surface area contributed by atoms with E-state index in [-0.39, 0.29) is 0 Å². The van der Waals surface area contributed by atoms with Gasteiger partial charge in [-0.25, -0.2) is 0 Å². The first-order chi connectivity index (χ1) is 22.3. The van der Waals surface area contributed by atoms with Crippen molar-refractivity contribution >= 4 is 96.7 Å². The van der Waals surface area contributed by atoms with Crippen molar-refractivity contribution in [2.75, 3.05) is 0 Å². The molecule has 3 aromatic heterocycles. The molecule has 11 rings (SSSR count). The van der Waals surface area contributed by atoms with Gasteiger partial charge in [0.05, 0.1) is 22.1 Å². The first-order valence-corrected chi connectivity index (χ1v) is 16.3. The minimum absolute atomic E-state index is 1.18. The maximum absolute atomic E-state index is 2.50. The van der Waals surface area contributed by atoms with Gasteiger partial charge < -0.3 is 9.13 Å². The molecule has 0 bridgehead atoms. The fourth-order valence-electron chi connectivity index (χ4n) is 8.09. The Morgan fingerprint density at radius 3 is 1.49 bits per heavy atom. The quantitative estimate of drug-likeness (QED) is 0.190. The summed E-state index contributed by atoms with van der Waals surface area (Å²) in [5, 5.41) is 13.1. The Balaban J connectivity index is 1.40. The molecule has 2 nitrogen and oxygen atoms in total. The van der Waals surface area contributed by atoms with Crippen LogP contribution < -0.4 is 0 Å². The van der Waals surface area contributed by atoms with E-state index in [2.05, 4.69) is 155 Å². The summed E-state index contributed by atoms with van der Waals surface area (Å²) >= 11 is 1.88. The lowest BCUT2D eigenvalue weighted by Crippen LogP contribution is -1.94. The standard InChI is InChI=1S/C42H24N2S/c1-2-10-25(11-3-1)43-33-17-8-15-31-27-12-4-5-13-28(27)32-16-9-18-34-40(32)42-36(23-22-35(43)41(42)39(31)33)44(34)26-20-21-30-29-14-6-7-19-37(29)45-38(30)24-26/h1-24H. The molecule has 3 heterocycles. The van der Waals surface area contributed by atoms with E-state index >= 15 is 0 Å². The van der Waals surface area contributed by atoms with Crippen molar-refractivity contribution < 1.29 is 0 Å². The third-order valence-electron chi connectivity index (χ3n) is 9.85. The summed E-state index contributed by atoms with van der Waals surface area (Å²) in [7, 11) is 0. The third-order valence-corrected chi connectivity index (χ3v) is 11.0. The number of fused-ring (bicyclic) bond motifs is 6. The molecule has 0 fully saturated rings. The molecule has 0 aliphatic heterocycles. The smallest absolute Gasteiger partial charge is 0.0549 e. The molecule has 0 aliphatic rings. The fraction of sp³-hybridized carbons (Fsp3) is 0. The normalized spacial score (nSPS) is 12.4. The van der Waals surface area contributed by atoms with Crippen molar-refractivity contribution in [3.8, 4) is 11.4 Å². The van der Waals surface area contributed by atoms with Gasteiger partial charge in [-0.3, -0.25) is 0 Å². The van der Waals surface area contributed by atoms with Crippen molar-refractivity contribution in [2.24, 2.45) is 0 Å². The molecule has 0 saturated heterocycles. The molecule has 8 aromatic carbocycles. The van der Waals surface area contributed by atoms with Crippen LogP contribution in [0.3, 0.4) is 0 Å². The lowest BCUT2D eigenvalue weighted by Gasteiger charge is -2.09. The number of hydrogen-bond acceptors (Lipinski definition) is 1. The van der Waals surface area contributed by atoms with Crippen molar-refractivity contribution in [2.45, 2.75) is 0 Å². The van der Waals surface area contributed by atoms with Crippen LogP contribution in [0.15, 0.2) is 146 Å². The first-order valence-electron chi connectivity index (χ1n) is 15.5. The maximum Gasteiger partial charge on any atom is 0.0549 e. The molecular formula is C42H24N2S. The second-order valence-electron chi connectivity index (χ2n) is 12.1. The molecule has 45 heavy (non-hydrogen) atoms. The zero-order chi connectivity index (χ0) is 29.2. The lowest BCUT2D eigenvalue weighted by molar-refractivity contribution is 1.17. The lowest BCUT2D eigenvalue weighted by atomic mass is 9.95. The second kappa shape index (κ2) is 8.50. The van der Waals surface area contributed by atoms with E-state index in [1.165, 1.54) is 96.7 Å². The van der Waals surface area contributed by atoms with Gasteiger partial charge in [0, 0.05) is 53.1 Å². The van der Waals surface area contributed by atoms with Crippen LogP contribution in [0, 0.1) is 0 Å². The number of thiophene rings is 1. The highest BCUT2D eigenvalue weighted by Gasteiger charge is 2.24. The summed E-state index contributed by atoms with van der Waals surface area (Å²) in [6, 6.07) is 53.9. The van der Waals surface area contributed by atoms with Gasteiger partial charge >= 0.3 is 0 Å². The fourth-order valence-corrected chi connectivity index (χ4v) is 9.23. The van der Waals surface area contributed by atoms with E-state index in [0.29, 0.717) is 0 Å². The van der Waals surface area contributed by atoms with E-state index < -0.39 is 0 Å². The highest BCUT2D eigenvalue weighted by Crippen LogP contribution is 2.48. The van der Waals surface area contributed by atoms with E-state index in [0.717, 1.165) is 0 Å². The number of benzene rings is 7. The Labute approximate surface area is 261 Å². The SMILES string of the molecule is c1ccc(-n2c3cccc4c5ccccc5c5cccc6c5c5c(c43)c2ccc5n6-c2ccc3c(c2)sc2ccccc23)cc1. The van der Waals surface area contributed by atoms with Gasteiger partial charge in [-0.15, -0.1) is 11.3 Å². The van der Waals surface area contributed by atoms with Crippen LogP contribution in [0.1, 0.15) is 0 Å². The largest absolute Gasteiger partial charge is 0.309 e. The van der Waals surface area contributed by atoms with Gasteiger partial charge in [0.2, 0.25) is 0 Å². The predicted molar refractivity (Wildman–Crippen MR) is 194 cm³/mol. The Morgan fingerprint density at radius 1 is 0.311 bits per heavy atom. The van der Waals surface area contributed by atoms with Crippen LogP contribution in [0.4, 0.5) is 0 Å². The number of hydrogen-bond donors (Lipinski definition) is 0. The summed E-state index contributed by atoms with van der Waals surface area (Å²) in [5.74, 6) is 0. The van der Waals surface area contributed by atoms with Crippen molar-refractivity contribution in [1.82, 2.24) is 9.13 Å². The van der Waals surface area contributed by atoms with E-state index in [4.69, 9.17) is 0 Å². The zero-order valence-corrected chi connectivity index (χ0v) is 25.0. The molecule has 0 spiro atoms. The molecule has 0 aliphatic carbocycles. The van der Waals surface area contributed by atoms with E-state index in [1.54, 1.807) is 0 Å². The van der Waals surface area contributed by atoms with Crippen LogP contribution >= 0.6 is 11.3 Å². The first kappa shape index (κ1) is 23.8. The zero-order valence-electron chi connectivity index (χ0n) is 24.2. The van der Waals surface area contributed by atoms with Gasteiger partial charge in [-0.1, -0.05) is 91.0 Å². The Morgan fingerprint density at radius 2 is 0.822 bits per heavy atom. The van der Waals surface area contributed by atoms with E-state index in [9.17, 15) is 0 Å². The molecule has 3 heteroatoms. The van der Waals surface area contributed by atoms with Gasteiger partial charge in [0.15, 0.2) is 0 Å². The average Bonchev–Trinajstić information content (AvgIpc) is 3.75. The van der Waals surface area contributed by atoms with Crippen LogP contribution in [0.25, 0.3) is 96.7 Å². The highest BCUT2D eigenvalue weighted by molar-refractivity contribution is 7.25. The van der Waals surface area contributed by atoms with Gasteiger partial charge in [-0.2, -0.15) is 0 Å². The van der Waals surface area contributed by atoms with Crippen LogP contribution in [-0.4, -0.2) is 9.13 Å². The van der Waals surface area contributed by atoms with Crippen LogP contribution in [0.5, 0.6) is 0 Å². The second-order valence-corrected chi connectivity index (χ2v) is 13.2. The van der Waals surface area contributed by atoms with Crippen molar-refractivity contribution in [1.29, 1.82) is 0 Å². The maximum atomic E-state index is 2.50.